The third-order valence-corrected chi connectivity index (χ3v) is 6.92. The maximum absolute atomic E-state index is 13.9. The van der Waals surface area contributed by atoms with Crippen molar-refractivity contribution in [3.8, 4) is 0 Å². The quantitative estimate of drug-likeness (QED) is 0.270. The molecule has 0 spiro atoms. The number of rotatable bonds is 7. The van der Waals surface area contributed by atoms with Crippen LogP contribution in [0.5, 0.6) is 0 Å². The highest BCUT2D eigenvalue weighted by atomic mass is 35.5. The molecule has 0 unspecified atom stereocenters. The van der Waals surface area contributed by atoms with E-state index in [-0.39, 0.29) is 32.4 Å². The Balaban J connectivity index is 1.59. The first kappa shape index (κ1) is 24.4. The second-order valence-corrected chi connectivity index (χ2v) is 9.81. The smallest absolute Gasteiger partial charge is 0.261 e. The third kappa shape index (κ3) is 5.50. The Bertz CT molecular complexity index is 1530. The molecule has 5 nitrogen and oxygen atoms in total. The highest BCUT2D eigenvalue weighted by molar-refractivity contribution is 7.92. The van der Waals surface area contributed by atoms with Crippen LogP contribution in [-0.2, 0) is 10.0 Å². The lowest BCUT2D eigenvalue weighted by atomic mass is 9.98. The monoisotopic (exact) mass is 512 g/mol. The van der Waals surface area contributed by atoms with Gasteiger partial charge in [-0.1, -0.05) is 35.9 Å². The zero-order valence-corrected chi connectivity index (χ0v) is 19.9. The molecule has 2 N–H and O–H groups in total. The van der Waals surface area contributed by atoms with E-state index in [0.717, 1.165) is 12.1 Å². The van der Waals surface area contributed by atoms with E-state index in [1.165, 1.54) is 36.4 Å². The summed E-state index contributed by atoms with van der Waals surface area (Å²) >= 11 is 6.36. The zero-order valence-electron chi connectivity index (χ0n) is 18.3. The van der Waals surface area contributed by atoms with E-state index in [1.807, 2.05) is 0 Å². The number of carbonyl (C=O) groups excluding carboxylic acids is 1. The van der Waals surface area contributed by atoms with Crippen molar-refractivity contribution in [1.29, 1.82) is 0 Å². The normalized spacial score (nSPS) is 11.2. The van der Waals surface area contributed by atoms with Gasteiger partial charge in [-0.15, -0.1) is 0 Å². The van der Waals surface area contributed by atoms with Gasteiger partial charge in [0.25, 0.3) is 10.0 Å². The highest BCUT2D eigenvalue weighted by Crippen LogP contribution is 2.29. The van der Waals surface area contributed by atoms with Gasteiger partial charge >= 0.3 is 0 Å². The standard InChI is InChI=1S/C26H19ClF2N2O3S/c1-16-7-9-19(31-35(33,34)20-5-3-2-4-6-20)14-22(16)26(32)21-11-10-18(15-23(21)27)30-25-12-8-17(28)13-24(25)29/h2-15,30-31H,1H3. The summed E-state index contributed by atoms with van der Waals surface area (Å²) in [4.78, 5) is 13.3. The van der Waals surface area contributed by atoms with Crippen LogP contribution in [0.2, 0.25) is 5.02 Å². The molecule has 0 fully saturated rings. The summed E-state index contributed by atoms with van der Waals surface area (Å²) in [6.07, 6.45) is 0. The molecule has 0 saturated carbocycles. The van der Waals surface area contributed by atoms with Crippen molar-refractivity contribution in [2.24, 2.45) is 0 Å². The van der Waals surface area contributed by atoms with E-state index in [0.29, 0.717) is 11.3 Å². The van der Waals surface area contributed by atoms with Crippen molar-refractivity contribution < 1.29 is 22.0 Å². The Morgan fingerprint density at radius 1 is 0.829 bits per heavy atom. The van der Waals surface area contributed by atoms with Crippen molar-refractivity contribution >= 4 is 44.5 Å². The summed E-state index contributed by atoms with van der Waals surface area (Å²) in [5, 5.41) is 2.90. The lowest BCUT2D eigenvalue weighted by molar-refractivity contribution is 0.103. The zero-order chi connectivity index (χ0) is 25.2. The molecule has 0 aromatic heterocycles. The summed E-state index contributed by atoms with van der Waals surface area (Å²) < 4.78 is 54.8. The number of carbonyl (C=O) groups is 1. The first-order valence-electron chi connectivity index (χ1n) is 10.4. The fourth-order valence-electron chi connectivity index (χ4n) is 3.41. The van der Waals surface area contributed by atoms with Gasteiger partial charge in [-0.3, -0.25) is 9.52 Å². The maximum atomic E-state index is 13.9. The number of halogens is 3. The fourth-order valence-corrected chi connectivity index (χ4v) is 4.75. The fraction of sp³-hybridized carbons (Fsp3) is 0.0385. The van der Waals surface area contributed by atoms with Crippen molar-refractivity contribution in [1.82, 2.24) is 0 Å². The molecule has 4 aromatic carbocycles. The predicted molar refractivity (Wildman–Crippen MR) is 133 cm³/mol. The van der Waals surface area contributed by atoms with Gasteiger partial charge in [-0.05, 0) is 67.1 Å². The van der Waals surface area contributed by atoms with Crippen molar-refractivity contribution in [3.63, 3.8) is 0 Å². The minimum absolute atomic E-state index is 0.0517. The van der Waals surface area contributed by atoms with E-state index in [9.17, 15) is 22.0 Å². The van der Waals surface area contributed by atoms with E-state index in [2.05, 4.69) is 10.0 Å². The van der Waals surface area contributed by atoms with Crippen molar-refractivity contribution in [2.45, 2.75) is 11.8 Å². The molecule has 9 heteroatoms. The van der Waals surface area contributed by atoms with Gasteiger partial charge < -0.3 is 5.32 Å². The van der Waals surface area contributed by atoms with Gasteiger partial charge in [-0.2, -0.15) is 0 Å². The molecule has 0 aliphatic rings. The third-order valence-electron chi connectivity index (χ3n) is 5.21. The molecule has 0 bridgehead atoms. The van der Waals surface area contributed by atoms with Crippen LogP contribution < -0.4 is 10.0 Å². The van der Waals surface area contributed by atoms with Crippen LogP contribution in [0.4, 0.5) is 25.8 Å². The van der Waals surface area contributed by atoms with Crippen LogP contribution in [-0.4, -0.2) is 14.2 Å². The average Bonchev–Trinajstić information content (AvgIpc) is 2.82. The molecular formula is C26H19ClF2N2O3S. The first-order valence-corrected chi connectivity index (χ1v) is 12.2. The summed E-state index contributed by atoms with van der Waals surface area (Å²) in [6, 6.07) is 20.1. The molecule has 0 atom stereocenters. The summed E-state index contributed by atoms with van der Waals surface area (Å²) in [5.41, 5.74) is 1.76. The Morgan fingerprint density at radius 3 is 2.23 bits per heavy atom. The van der Waals surface area contributed by atoms with Crippen LogP contribution in [0.1, 0.15) is 21.5 Å². The van der Waals surface area contributed by atoms with Gasteiger partial charge in [0.05, 0.1) is 15.6 Å². The molecule has 4 aromatic rings. The molecule has 0 aliphatic heterocycles. The van der Waals surface area contributed by atoms with Crippen LogP contribution in [0.25, 0.3) is 0 Å². The summed E-state index contributed by atoms with van der Waals surface area (Å²) in [7, 11) is -3.83. The van der Waals surface area contributed by atoms with Gasteiger partial charge in [0.2, 0.25) is 0 Å². The van der Waals surface area contributed by atoms with Crippen LogP contribution in [0.3, 0.4) is 0 Å². The Morgan fingerprint density at radius 2 is 1.54 bits per heavy atom. The number of nitrogens with one attached hydrogen (secondary N) is 2. The van der Waals surface area contributed by atoms with Crippen molar-refractivity contribution in [2.75, 3.05) is 10.0 Å². The largest absolute Gasteiger partial charge is 0.353 e. The number of ketones is 1. The lowest BCUT2D eigenvalue weighted by Gasteiger charge is -2.13. The molecular weight excluding hydrogens is 494 g/mol. The molecule has 35 heavy (non-hydrogen) atoms. The predicted octanol–water partition coefficient (Wildman–Crippen LogP) is 6.70. The molecule has 0 saturated heterocycles. The highest BCUT2D eigenvalue weighted by Gasteiger charge is 2.19. The van der Waals surface area contributed by atoms with Crippen molar-refractivity contribution in [3.05, 3.63) is 118 Å². The van der Waals surface area contributed by atoms with Crippen LogP contribution in [0, 0.1) is 18.6 Å². The second kappa shape index (κ2) is 9.85. The van der Waals surface area contributed by atoms with E-state index < -0.39 is 27.4 Å². The van der Waals surface area contributed by atoms with E-state index in [1.54, 1.807) is 43.3 Å². The first-order chi connectivity index (χ1) is 16.6. The maximum Gasteiger partial charge on any atom is 0.261 e. The summed E-state index contributed by atoms with van der Waals surface area (Å²) in [5.74, 6) is -1.88. The Kier molecular flexibility index (Phi) is 6.86. The second-order valence-electron chi connectivity index (χ2n) is 7.72. The van der Waals surface area contributed by atoms with Gasteiger partial charge in [0, 0.05) is 28.6 Å². The Labute approximate surface area is 206 Å². The molecule has 0 amide bonds. The minimum Gasteiger partial charge on any atom is -0.353 e. The number of benzene rings is 4. The van der Waals surface area contributed by atoms with E-state index in [4.69, 9.17) is 11.6 Å². The number of anilines is 3. The molecule has 0 radical (unpaired) electrons. The van der Waals surface area contributed by atoms with Gasteiger partial charge in [-0.25, -0.2) is 17.2 Å². The minimum atomic E-state index is -3.83. The van der Waals surface area contributed by atoms with Gasteiger partial charge in [0.1, 0.15) is 11.6 Å². The number of sulfonamides is 1. The van der Waals surface area contributed by atoms with E-state index >= 15 is 0 Å². The molecule has 4 rings (SSSR count). The molecule has 0 aliphatic carbocycles. The Hall–Kier alpha value is -3.75. The molecule has 178 valence electrons. The van der Waals surface area contributed by atoms with Crippen LogP contribution in [0.15, 0.2) is 89.8 Å². The number of hydrogen-bond acceptors (Lipinski definition) is 4. The topological polar surface area (TPSA) is 75.3 Å². The SMILES string of the molecule is Cc1ccc(NS(=O)(=O)c2ccccc2)cc1C(=O)c1ccc(Nc2ccc(F)cc2F)cc1Cl. The van der Waals surface area contributed by atoms with Crippen LogP contribution >= 0.6 is 11.6 Å². The summed E-state index contributed by atoms with van der Waals surface area (Å²) in [6.45, 7) is 1.73. The van der Waals surface area contributed by atoms with Gasteiger partial charge in [0.15, 0.2) is 5.78 Å². The number of hydrogen-bond donors (Lipinski definition) is 2. The molecule has 0 heterocycles. The average molecular weight is 513 g/mol. The lowest BCUT2D eigenvalue weighted by Crippen LogP contribution is -2.14. The number of aryl methyl sites for hydroxylation is 1.